The lowest BCUT2D eigenvalue weighted by Crippen LogP contribution is -2.49. The summed E-state index contributed by atoms with van der Waals surface area (Å²) in [6.45, 7) is 3.76. The SMILES string of the molecule is COc1cc(NC(=O)N2CCN(Cc3csc(-c4ccccc4)n3)CC2)cc(OC)c1. The van der Waals surface area contributed by atoms with E-state index in [1.54, 1.807) is 43.8 Å². The van der Waals surface area contributed by atoms with Gasteiger partial charge in [-0.15, -0.1) is 11.3 Å². The molecule has 2 aromatic carbocycles. The molecule has 0 radical (unpaired) electrons. The number of anilines is 1. The van der Waals surface area contributed by atoms with Crippen molar-refractivity contribution in [3.8, 4) is 22.1 Å². The van der Waals surface area contributed by atoms with Crippen LogP contribution in [0.1, 0.15) is 5.69 Å². The summed E-state index contributed by atoms with van der Waals surface area (Å²) in [5, 5.41) is 6.11. The van der Waals surface area contributed by atoms with Gasteiger partial charge < -0.3 is 19.7 Å². The van der Waals surface area contributed by atoms with Crippen LogP contribution in [0.15, 0.2) is 53.9 Å². The van der Waals surface area contributed by atoms with Crippen LogP contribution in [0.25, 0.3) is 10.6 Å². The molecule has 7 nitrogen and oxygen atoms in total. The quantitative estimate of drug-likeness (QED) is 0.626. The molecule has 4 rings (SSSR count). The Morgan fingerprint density at radius 3 is 2.35 bits per heavy atom. The number of amides is 2. The Hall–Kier alpha value is -3.10. The van der Waals surface area contributed by atoms with Gasteiger partial charge in [0.15, 0.2) is 0 Å². The zero-order chi connectivity index (χ0) is 21.6. The summed E-state index contributed by atoms with van der Waals surface area (Å²) in [5.74, 6) is 1.27. The van der Waals surface area contributed by atoms with Gasteiger partial charge >= 0.3 is 6.03 Å². The van der Waals surface area contributed by atoms with Crippen LogP contribution in [-0.4, -0.2) is 61.2 Å². The maximum Gasteiger partial charge on any atom is 0.321 e. The number of hydrogen-bond donors (Lipinski definition) is 1. The molecule has 1 fully saturated rings. The summed E-state index contributed by atoms with van der Waals surface area (Å²) in [4.78, 5) is 21.6. The molecule has 2 amide bonds. The first-order chi connectivity index (χ1) is 15.1. The van der Waals surface area contributed by atoms with Crippen LogP contribution in [-0.2, 0) is 6.54 Å². The number of benzene rings is 2. The number of nitrogens with one attached hydrogen (secondary N) is 1. The van der Waals surface area contributed by atoms with Gasteiger partial charge in [0.1, 0.15) is 16.5 Å². The van der Waals surface area contributed by atoms with Gasteiger partial charge in [-0.1, -0.05) is 30.3 Å². The minimum atomic E-state index is -0.116. The first kappa shape index (κ1) is 21.1. The fourth-order valence-corrected chi connectivity index (χ4v) is 4.33. The normalized spacial score (nSPS) is 14.3. The number of carbonyl (C=O) groups is 1. The lowest BCUT2D eigenvalue weighted by Gasteiger charge is -2.34. The van der Waals surface area contributed by atoms with E-state index in [1.807, 2.05) is 23.1 Å². The minimum absolute atomic E-state index is 0.116. The Morgan fingerprint density at radius 2 is 1.71 bits per heavy atom. The summed E-state index contributed by atoms with van der Waals surface area (Å²) < 4.78 is 10.5. The van der Waals surface area contributed by atoms with Gasteiger partial charge in [-0.25, -0.2) is 9.78 Å². The van der Waals surface area contributed by atoms with Crippen LogP contribution >= 0.6 is 11.3 Å². The smallest absolute Gasteiger partial charge is 0.321 e. The van der Waals surface area contributed by atoms with Gasteiger partial charge in [0.25, 0.3) is 0 Å². The van der Waals surface area contributed by atoms with Crippen molar-refractivity contribution in [2.24, 2.45) is 0 Å². The molecule has 0 bridgehead atoms. The number of rotatable bonds is 6. The zero-order valence-electron chi connectivity index (χ0n) is 17.7. The molecular weight excluding hydrogens is 412 g/mol. The second-order valence-electron chi connectivity index (χ2n) is 7.30. The lowest BCUT2D eigenvalue weighted by atomic mass is 10.2. The van der Waals surface area contributed by atoms with Crippen LogP contribution in [0.4, 0.5) is 10.5 Å². The zero-order valence-corrected chi connectivity index (χ0v) is 18.5. The molecule has 0 saturated carbocycles. The molecule has 0 spiro atoms. The van der Waals surface area contributed by atoms with Crippen molar-refractivity contribution in [1.29, 1.82) is 0 Å². The predicted molar refractivity (Wildman–Crippen MR) is 123 cm³/mol. The molecule has 31 heavy (non-hydrogen) atoms. The third-order valence-electron chi connectivity index (χ3n) is 5.22. The van der Waals surface area contributed by atoms with Crippen LogP contribution < -0.4 is 14.8 Å². The third-order valence-corrected chi connectivity index (χ3v) is 6.16. The molecule has 162 valence electrons. The number of methoxy groups -OCH3 is 2. The number of ether oxygens (including phenoxy) is 2. The fourth-order valence-electron chi connectivity index (χ4n) is 3.51. The number of carbonyl (C=O) groups excluding carboxylic acids is 1. The summed E-state index contributed by atoms with van der Waals surface area (Å²) in [5.41, 5.74) is 2.87. The molecule has 3 aromatic rings. The standard InChI is InChI=1S/C23H26N4O3S/c1-29-20-12-18(13-21(14-20)30-2)25-23(28)27-10-8-26(9-11-27)15-19-16-31-22(24-19)17-6-4-3-5-7-17/h3-7,12-14,16H,8-11,15H2,1-2H3,(H,25,28). The van der Waals surface area contributed by atoms with E-state index in [2.05, 4.69) is 27.7 Å². The first-order valence-electron chi connectivity index (χ1n) is 10.2. The molecule has 0 aliphatic carbocycles. The molecule has 1 aromatic heterocycles. The van der Waals surface area contributed by atoms with Crippen molar-refractivity contribution in [2.45, 2.75) is 6.54 Å². The van der Waals surface area contributed by atoms with E-state index in [-0.39, 0.29) is 6.03 Å². The summed E-state index contributed by atoms with van der Waals surface area (Å²) in [6.07, 6.45) is 0. The highest BCUT2D eigenvalue weighted by Crippen LogP contribution is 2.26. The first-order valence-corrected chi connectivity index (χ1v) is 11.0. The highest BCUT2D eigenvalue weighted by molar-refractivity contribution is 7.13. The summed E-state index contributed by atoms with van der Waals surface area (Å²) >= 11 is 1.67. The van der Waals surface area contributed by atoms with Crippen molar-refractivity contribution in [3.05, 3.63) is 59.6 Å². The van der Waals surface area contributed by atoms with Gasteiger partial charge in [0.05, 0.1) is 19.9 Å². The van der Waals surface area contributed by atoms with E-state index in [4.69, 9.17) is 14.5 Å². The van der Waals surface area contributed by atoms with E-state index < -0.39 is 0 Å². The molecule has 1 aliphatic heterocycles. The van der Waals surface area contributed by atoms with Crippen molar-refractivity contribution in [3.63, 3.8) is 0 Å². The van der Waals surface area contributed by atoms with Gasteiger partial charge in [0.2, 0.25) is 0 Å². The molecule has 1 N–H and O–H groups in total. The average molecular weight is 439 g/mol. The predicted octanol–water partition coefficient (Wildman–Crippen LogP) is 4.18. The maximum atomic E-state index is 12.7. The Kier molecular flexibility index (Phi) is 6.69. The average Bonchev–Trinajstić information content (AvgIpc) is 3.28. The molecular formula is C23H26N4O3S. The lowest BCUT2D eigenvalue weighted by molar-refractivity contribution is 0.142. The largest absolute Gasteiger partial charge is 0.497 e. The summed E-state index contributed by atoms with van der Waals surface area (Å²) in [7, 11) is 3.18. The van der Waals surface area contributed by atoms with E-state index in [1.165, 1.54) is 0 Å². The number of piperazine rings is 1. The van der Waals surface area contributed by atoms with E-state index in [0.29, 0.717) is 30.3 Å². The fraction of sp³-hybridized carbons (Fsp3) is 0.304. The third kappa shape index (κ3) is 5.34. The molecule has 2 heterocycles. The highest BCUT2D eigenvalue weighted by atomic mass is 32.1. The van der Waals surface area contributed by atoms with Crippen LogP contribution in [0.2, 0.25) is 0 Å². The molecule has 0 atom stereocenters. The van der Waals surface area contributed by atoms with E-state index >= 15 is 0 Å². The van der Waals surface area contributed by atoms with Crippen LogP contribution in [0, 0.1) is 0 Å². The Labute approximate surface area is 186 Å². The van der Waals surface area contributed by atoms with Gasteiger partial charge in [-0.05, 0) is 0 Å². The second-order valence-corrected chi connectivity index (χ2v) is 8.16. The summed E-state index contributed by atoms with van der Waals surface area (Å²) in [6, 6.07) is 15.5. The minimum Gasteiger partial charge on any atom is -0.497 e. The van der Waals surface area contributed by atoms with Crippen molar-refractivity contribution in [1.82, 2.24) is 14.8 Å². The van der Waals surface area contributed by atoms with Gasteiger partial charge in [-0.2, -0.15) is 0 Å². The number of thiazole rings is 1. The Bertz CT molecular complexity index is 994. The number of nitrogens with zero attached hydrogens (tertiary/aromatic N) is 3. The van der Waals surface area contributed by atoms with Crippen molar-refractivity contribution in [2.75, 3.05) is 45.7 Å². The number of urea groups is 1. The number of aromatic nitrogens is 1. The topological polar surface area (TPSA) is 66.9 Å². The Morgan fingerprint density at radius 1 is 1.03 bits per heavy atom. The van der Waals surface area contributed by atoms with Crippen LogP contribution in [0.3, 0.4) is 0 Å². The van der Waals surface area contributed by atoms with Crippen molar-refractivity contribution < 1.29 is 14.3 Å². The molecule has 8 heteroatoms. The molecule has 0 unspecified atom stereocenters. The van der Waals surface area contributed by atoms with Crippen LogP contribution in [0.5, 0.6) is 11.5 Å². The Balaban J connectivity index is 1.30. The maximum absolute atomic E-state index is 12.7. The molecule has 1 saturated heterocycles. The molecule has 1 aliphatic rings. The van der Waals surface area contributed by atoms with Gasteiger partial charge in [-0.3, -0.25) is 4.90 Å². The monoisotopic (exact) mass is 438 g/mol. The number of hydrogen-bond acceptors (Lipinski definition) is 6. The van der Waals surface area contributed by atoms with E-state index in [9.17, 15) is 4.79 Å². The van der Waals surface area contributed by atoms with Gasteiger partial charge in [0, 0.05) is 67.6 Å². The second kappa shape index (κ2) is 9.80. The van der Waals surface area contributed by atoms with Crippen molar-refractivity contribution >= 4 is 23.1 Å². The highest BCUT2D eigenvalue weighted by Gasteiger charge is 2.22. The van der Waals surface area contributed by atoms with E-state index in [0.717, 1.165) is 35.9 Å².